The van der Waals surface area contributed by atoms with Gasteiger partial charge in [0.1, 0.15) is 6.04 Å². The number of carbonyl (C=O) groups excluding carboxylic acids is 1. The fraction of sp³-hybridized carbons (Fsp3) is 0.278. The lowest BCUT2D eigenvalue weighted by atomic mass is 10.0. The molecule has 3 nitrogen and oxygen atoms in total. The molecule has 0 spiro atoms. The van der Waals surface area contributed by atoms with Gasteiger partial charge in [0, 0.05) is 5.69 Å². The Bertz CT molecular complexity index is 730. The summed E-state index contributed by atoms with van der Waals surface area (Å²) in [4.78, 5) is 12.1. The number of anilines is 2. The first-order valence-corrected chi connectivity index (χ1v) is 7.60. The van der Waals surface area contributed by atoms with E-state index in [2.05, 4.69) is 24.5 Å². The third-order valence-corrected chi connectivity index (χ3v) is 3.65. The molecule has 128 valence electrons. The number of halogens is 3. The molecule has 0 aliphatic carbocycles. The quantitative estimate of drug-likeness (QED) is 0.779. The van der Waals surface area contributed by atoms with E-state index in [1.165, 1.54) is 5.56 Å². The highest BCUT2D eigenvalue weighted by Crippen LogP contribution is 2.21. The highest BCUT2D eigenvalue weighted by Gasteiger charge is 2.18. The van der Waals surface area contributed by atoms with Crippen molar-refractivity contribution in [2.75, 3.05) is 10.6 Å². The molecule has 0 unspecified atom stereocenters. The van der Waals surface area contributed by atoms with Gasteiger partial charge in [-0.15, -0.1) is 0 Å². The lowest BCUT2D eigenvalue weighted by molar-refractivity contribution is -0.116. The lowest BCUT2D eigenvalue weighted by Gasteiger charge is -2.16. The van der Waals surface area contributed by atoms with E-state index in [9.17, 15) is 18.0 Å². The van der Waals surface area contributed by atoms with E-state index in [4.69, 9.17) is 0 Å². The van der Waals surface area contributed by atoms with E-state index >= 15 is 0 Å². The van der Waals surface area contributed by atoms with Crippen molar-refractivity contribution in [3.05, 3.63) is 59.4 Å². The van der Waals surface area contributed by atoms with Gasteiger partial charge in [-0.1, -0.05) is 26.0 Å². The molecule has 0 heterocycles. The van der Waals surface area contributed by atoms with Crippen molar-refractivity contribution in [1.29, 1.82) is 0 Å². The summed E-state index contributed by atoms with van der Waals surface area (Å²) in [6.45, 7) is 5.74. The second-order valence-corrected chi connectivity index (χ2v) is 5.85. The van der Waals surface area contributed by atoms with Crippen LogP contribution in [0.4, 0.5) is 24.5 Å². The predicted molar refractivity (Wildman–Crippen MR) is 88.6 cm³/mol. The van der Waals surface area contributed by atoms with E-state index in [1.807, 2.05) is 24.3 Å². The van der Waals surface area contributed by atoms with Crippen LogP contribution in [0.15, 0.2) is 36.4 Å². The van der Waals surface area contributed by atoms with Crippen molar-refractivity contribution in [1.82, 2.24) is 0 Å². The van der Waals surface area contributed by atoms with Gasteiger partial charge in [0.2, 0.25) is 5.91 Å². The number of nitrogens with one attached hydrogen (secondary N) is 2. The third-order valence-electron chi connectivity index (χ3n) is 3.65. The molecule has 0 radical (unpaired) electrons. The summed E-state index contributed by atoms with van der Waals surface area (Å²) in [6, 6.07) is 8.64. The van der Waals surface area contributed by atoms with E-state index in [1.54, 1.807) is 6.92 Å². The van der Waals surface area contributed by atoms with E-state index < -0.39 is 35.1 Å². The van der Waals surface area contributed by atoms with Crippen LogP contribution in [0.25, 0.3) is 0 Å². The van der Waals surface area contributed by atoms with Crippen molar-refractivity contribution >= 4 is 17.3 Å². The van der Waals surface area contributed by atoms with Gasteiger partial charge in [-0.3, -0.25) is 4.79 Å². The molecule has 0 aromatic heterocycles. The Labute approximate surface area is 138 Å². The van der Waals surface area contributed by atoms with E-state index in [0.717, 1.165) is 17.8 Å². The summed E-state index contributed by atoms with van der Waals surface area (Å²) in [5.41, 5.74) is 1.50. The molecule has 0 fully saturated rings. The van der Waals surface area contributed by atoms with Gasteiger partial charge >= 0.3 is 0 Å². The highest BCUT2D eigenvalue weighted by atomic mass is 19.2. The number of hydrogen-bond acceptors (Lipinski definition) is 2. The normalized spacial score (nSPS) is 12.1. The van der Waals surface area contributed by atoms with Crippen molar-refractivity contribution < 1.29 is 18.0 Å². The minimum absolute atomic E-state index is 0.399. The number of rotatable bonds is 5. The molecule has 24 heavy (non-hydrogen) atoms. The van der Waals surface area contributed by atoms with E-state index in [0.29, 0.717) is 5.92 Å². The van der Waals surface area contributed by atoms with Crippen LogP contribution in [0.5, 0.6) is 0 Å². The molecule has 2 N–H and O–H groups in total. The molecule has 2 rings (SSSR count). The minimum Gasteiger partial charge on any atom is -0.374 e. The molecule has 1 atom stereocenters. The SMILES string of the molecule is CC(C)c1ccc(N[C@@H](C)C(=O)Nc2ccc(F)c(F)c2F)cc1. The first kappa shape index (κ1) is 17.8. The van der Waals surface area contributed by atoms with Gasteiger partial charge in [0.05, 0.1) is 5.69 Å². The topological polar surface area (TPSA) is 41.1 Å². The first-order chi connectivity index (χ1) is 11.3. The van der Waals surface area contributed by atoms with Crippen LogP contribution >= 0.6 is 0 Å². The Balaban J connectivity index is 2.03. The fourth-order valence-corrected chi connectivity index (χ4v) is 2.14. The van der Waals surface area contributed by atoms with Crippen LogP contribution in [-0.2, 0) is 4.79 Å². The van der Waals surface area contributed by atoms with Crippen LogP contribution in [0.1, 0.15) is 32.3 Å². The number of benzene rings is 2. The van der Waals surface area contributed by atoms with Crippen LogP contribution < -0.4 is 10.6 Å². The molecule has 6 heteroatoms. The average Bonchev–Trinajstić information content (AvgIpc) is 2.55. The number of amides is 1. The Morgan fingerprint density at radius 2 is 1.54 bits per heavy atom. The molecule has 0 saturated carbocycles. The van der Waals surface area contributed by atoms with Gasteiger partial charge in [-0.25, -0.2) is 13.2 Å². The van der Waals surface area contributed by atoms with E-state index in [-0.39, 0.29) is 0 Å². The zero-order valence-corrected chi connectivity index (χ0v) is 13.7. The molecule has 1 amide bonds. The molecule has 2 aromatic carbocycles. The molecular formula is C18H19F3N2O. The summed E-state index contributed by atoms with van der Waals surface area (Å²) in [6.07, 6.45) is 0. The maximum Gasteiger partial charge on any atom is 0.246 e. The van der Waals surface area contributed by atoms with Gasteiger partial charge in [-0.05, 0) is 42.7 Å². The number of hydrogen-bond donors (Lipinski definition) is 2. The Morgan fingerprint density at radius 3 is 2.12 bits per heavy atom. The van der Waals surface area contributed by atoms with Crippen molar-refractivity contribution in [2.24, 2.45) is 0 Å². The summed E-state index contributed by atoms with van der Waals surface area (Å²) in [5.74, 6) is -4.50. The summed E-state index contributed by atoms with van der Waals surface area (Å²) in [7, 11) is 0. The smallest absolute Gasteiger partial charge is 0.246 e. The molecular weight excluding hydrogens is 317 g/mol. The standard InChI is InChI=1S/C18H19F3N2O/c1-10(2)12-4-6-13(7-5-12)22-11(3)18(24)23-15-9-8-14(19)16(20)17(15)21/h4-11,22H,1-3H3,(H,23,24)/t11-/m0/s1. The lowest BCUT2D eigenvalue weighted by Crippen LogP contribution is -2.32. The highest BCUT2D eigenvalue weighted by molar-refractivity contribution is 5.96. The third kappa shape index (κ3) is 4.07. The Morgan fingerprint density at radius 1 is 0.917 bits per heavy atom. The minimum atomic E-state index is -1.61. The van der Waals surface area contributed by atoms with Crippen LogP contribution in [0.2, 0.25) is 0 Å². The number of carbonyl (C=O) groups is 1. The van der Waals surface area contributed by atoms with Crippen molar-refractivity contribution in [3.8, 4) is 0 Å². The monoisotopic (exact) mass is 336 g/mol. The molecule has 2 aromatic rings. The summed E-state index contributed by atoms with van der Waals surface area (Å²) < 4.78 is 39.7. The maximum atomic E-state index is 13.6. The Kier molecular flexibility index (Phi) is 5.49. The Hall–Kier alpha value is -2.50. The molecule has 0 bridgehead atoms. The van der Waals surface area contributed by atoms with Crippen LogP contribution in [0, 0.1) is 17.5 Å². The van der Waals surface area contributed by atoms with Crippen molar-refractivity contribution in [2.45, 2.75) is 32.7 Å². The van der Waals surface area contributed by atoms with Gasteiger partial charge in [0.25, 0.3) is 0 Å². The average molecular weight is 336 g/mol. The second-order valence-electron chi connectivity index (χ2n) is 5.85. The van der Waals surface area contributed by atoms with Crippen LogP contribution in [-0.4, -0.2) is 11.9 Å². The molecule has 0 saturated heterocycles. The maximum absolute atomic E-state index is 13.6. The first-order valence-electron chi connectivity index (χ1n) is 7.60. The van der Waals surface area contributed by atoms with Gasteiger partial charge in [-0.2, -0.15) is 0 Å². The van der Waals surface area contributed by atoms with Crippen molar-refractivity contribution in [3.63, 3.8) is 0 Å². The van der Waals surface area contributed by atoms with Gasteiger partial charge in [0.15, 0.2) is 17.5 Å². The fourth-order valence-electron chi connectivity index (χ4n) is 2.14. The molecule has 0 aliphatic heterocycles. The predicted octanol–water partition coefficient (Wildman–Crippen LogP) is 4.67. The summed E-state index contributed by atoms with van der Waals surface area (Å²) >= 11 is 0. The van der Waals surface area contributed by atoms with Gasteiger partial charge < -0.3 is 10.6 Å². The largest absolute Gasteiger partial charge is 0.374 e. The van der Waals surface area contributed by atoms with Crippen LogP contribution in [0.3, 0.4) is 0 Å². The second kappa shape index (κ2) is 7.38. The zero-order valence-electron chi connectivity index (χ0n) is 13.7. The summed E-state index contributed by atoms with van der Waals surface area (Å²) in [5, 5.41) is 5.22. The molecule has 0 aliphatic rings. The zero-order chi connectivity index (χ0) is 17.9.